The summed E-state index contributed by atoms with van der Waals surface area (Å²) < 4.78 is 21.8. The molecule has 0 spiro atoms. The number of benzene rings is 1. The molecule has 0 heterocycles. The maximum absolute atomic E-state index is 12.1. The molecule has 1 rings (SSSR count). The van der Waals surface area contributed by atoms with Crippen molar-refractivity contribution in [1.82, 2.24) is 0 Å². The van der Waals surface area contributed by atoms with Crippen LogP contribution in [0.3, 0.4) is 0 Å². The van der Waals surface area contributed by atoms with Crippen LogP contribution in [0.4, 0.5) is 0 Å². The Hall–Kier alpha value is -1.22. The molecule has 0 aromatic heterocycles. The van der Waals surface area contributed by atoms with Gasteiger partial charge in [0.25, 0.3) is 0 Å². The summed E-state index contributed by atoms with van der Waals surface area (Å²) in [6.07, 6.45) is 0. The van der Waals surface area contributed by atoms with E-state index in [-0.39, 0.29) is 11.1 Å². The zero-order chi connectivity index (χ0) is 13.1. The fourth-order valence-corrected chi connectivity index (χ4v) is 2.41. The molecule has 0 saturated heterocycles. The van der Waals surface area contributed by atoms with E-state index in [1.165, 1.54) is 21.1 Å². The molecule has 0 unspecified atom stereocenters. The molecule has 4 nitrogen and oxygen atoms in total. The number of rotatable bonds is 5. The Morgan fingerprint density at radius 2 is 1.53 bits per heavy atom. The lowest BCUT2D eigenvalue weighted by Crippen LogP contribution is -1.94. The molecule has 0 fully saturated rings. The van der Waals surface area contributed by atoms with Gasteiger partial charge in [-0.05, 0) is 12.5 Å². The van der Waals surface area contributed by atoms with Crippen molar-refractivity contribution < 1.29 is 18.4 Å². The minimum atomic E-state index is -3.31. The zero-order valence-corrected chi connectivity index (χ0v) is 11.0. The Morgan fingerprint density at radius 3 is 1.88 bits per heavy atom. The average molecular weight is 254 g/mol. The third-order valence-electron chi connectivity index (χ3n) is 2.44. The molecular formula is C12H15O4P. The van der Waals surface area contributed by atoms with E-state index in [4.69, 9.17) is 9.05 Å². The Kier molecular flexibility index (Phi) is 4.40. The second kappa shape index (κ2) is 5.41. The Labute approximate surface area is 101 Å². The van der Waals surface area contributed by atoms with Gasteiger partial charge in [-0.3, -0.25) is 9.36 Å². The highest BCUT2D eigenvalue weighted by Crippen LogP contribution is 2.58. The van der Waals surface area contributed by atoms with Gasteiger partial charge in [0.2, 0.25) is 0 Å². The number of ketones is 1. The van der Waals surface area contributed by atoms with Crippen LogP contribution in [0.25, 0.3) is 5.31 Å². The summed E-state index contributed by atoms with van der Waals surface area (Å²) in [5, 5.41) is 0.276. The third-order valence-corrected chi connectivity index (χ3v) is 4.32. The van der Waals surface area contributed by atoms with Crippen LogP contribution in [0.5, 0.6) is 0 Å². The topological polar surface area (TPSA) is 52.6 Å². The van der Waals surface area contributed by atoms with Crippen molar-refractivity contribution in [1.29, 1.82) is 0 Å². The number of carbonyl (C=O) groups is 1. The van der Waals surface area contributed by atoms with Gasteiger partial charge in [0, 0.05) is 19.8 Å². The van der Waals surface area contributed by atoms with E-state index in [9.17, 15) is 9.36 Å². The van der Waals surface area contributed by atoms with Crippen molar-refractivity contribution >= 4 is 18.7 Å². The van der Waals surface area contributed by atoms with Gasteiger partial charge in [-0.25, -0.2) is 0 Å². The van der Waals surface area contributed by atoms with Crippen molar-refractivity contribution in [3.05, 3.63) is 42.0 Å². The summed E-state index contributed by atoms with van der Waals surface area (Å²) in [7, 11) is -0.702. The second-order valence-electron chi connectivity index (χ2n) is 3.44. The van der Waals surface area contributed by atoms with Gasteiger partial charge in [0.05, 0.1) is 5.31 Å². The molecular weight excluding hydrogens is 239 g/mol. The fourth-order valence-electron chi connectivity index (χ4n) is 1.35. The van der Waals surface area contributed by atoms with E-state index in [1.54, 1.807) is 24.3 Å². The summed E-state index contributed by atoms with van der Waals surface area (Å²) in [6, 6.07) is 6.64. The van der Waals surface area contributed by atoms with Crippen LogP contribution < -0.4 is 0 Å². The largest absolute Gasteiger partial charge is 0.360 e. The molecule has 17 heavy (non-hydrogen) atoms. The summed E-state index contributed by atoms with van der Waals surface area (Å²) in [4.78, 5) is 11.1. The molecule has 0 saturated carbocycles. The molecule has 0 bridgehead atoms. The lowest BCUT2D eigenvalue weighted by atomic mass is 10.1. The zero-order valence-electron chi connectivity index (χ0n) is 10.1. The molecule has 0 radical (unpaired) electrons. The molecule has 0 atom stereocenters. The minimum absolute atomic E-state index is 0.0242. The van der Waals surface area contributed by atoms with Gasteiger partial charge in [-0.2, -0.15) is 0 Å². The predicted molar refractivity (Wildman–Crippen MR) is 67.1 cm³/mol. The SMILES string of the molecule is C=C(c1ccc(C(C)=O)cc1)P(=O)(OC)OC. The van der Waals surface area contributed by atoms with Gasteiger partial charge in [-0.15, -0.1) is 0 Å². The number of hydrogen-bond acceptors (Lipinski definition) is 4. The minimum Gasteiger partial charge on any atom is -0.309 e. The van der Waals surface area contributed by atoms with Crippen molar-refractivity contribution in [3.8, 4) is 0 Å². The van der Waals surface area contributed by atoms with E-state index in [2.05, 4.69) is 6.58 Å². The molecule has 0 aliphatic heterocycles. The first kappa shape index (κ1) is 13.8. The fraction of sp³-hybridized carbons (Fsp3) is 0.250. The lowest BCUT2D eigenvalue weighted by molar-refractivity contribution is 0.101. The van der Waals surface area contributed by atoms with Crippen LogP contribution in [-0.4, -0.2) is 20.0 Å². The van der Waals surface area contributed by atoms with E-state index in [0.29, 0.717) is 11.1 Å². The highest BCUT2D eigenvalue weighted by Gasteiger charge is 2.26. The smallest absolute Gasteiger partial charge is 0.309 e. The quantitative estimate of drug-likeness (QED) is 0.597. The second-order valence-corrected chi connectivity index (χ2v) is 5.71. The maximum Gasteiger partial charge on any atom is 0.360 e. The van der Waals surface area contributed by atoms with Crippen LogP contribution in [-0.2, 0) is 13.6 Å². The molecule has 92 valence electrons. The van der Waals surface area contributed by atoms with Crippen molar-refractivity contribution in [3.63, 3.8) is 0 Å². The first-order valence-corrected chi connectivity index (χ1v) is 6.51. The predicted octanol–water partition coefficient (Wildman–Crippen LogP) is 3.35. The molecule has 0 amide bonds. The molecule has 1 aromatic carbocycles. The maximum atomic E-state index is 12.1. The first-order chi connectivity index (χ1) is 7.94. The molecule has 0 aliphatic rings. The Balaban J connectivity index is 3.06. The van der Waals surface area contributed by atoms with E-state index in [0.717, 1.165) is 0 Å². The highest BCUT2D eigenvalue weighted by atomic mass is 31.2. The summed E-state index contributed by atoms with van der Waals surface area (Å²) in [6.45, 7) is 5.20. The van der Waals surface area contributed by atoms with Gasteiger partial charge in [0.1, 0.15) is 0 Å². The summed E-state index contributed by atoms with van der Waals surface area (Å²) in [5.74, 6) is -0.0242. The monoisotopic (exact) mass is 254 g/mol. The van der Waals surface area contributed by atoms with Gasteiger partial charge < -0.3 is 9.05 Å². The molecule has 0 N–H and O–H groups in total. The van der Waals surface area contributed by atoms with Crippen LogP contribution in [0.15, 0.2) is 30.8 Å². The van der Waals surface area contributed by atoms with Crippen LogP contribution in [0, 0.1) is 0 Å². The number of carbonyl (C=O) groups excluding carboxylic acids is 1. The summed E-state index contributed by atoms with van der Waals surface area (Å²) in [5.41, 5.74) is 1.22. The van der Waals surface area contributed by atoms with Gasteiger partial charge in [-0.1, -0.05) is 30.8 Å². The Bertz CT molecular complexity index is 468. The number of Topliss-reactive ketones (excluding diaryl/α,β-unsaturated/α-hetero) is 1. The average Bonchev–Trinajstić information content (AvgIpc) is 2.37. The van der Waals surface area contributed by atoms with E-state index in [1.807, 2.05) is 0 Å². The summed E-state index contributed by atoms with van der Waals surface area (Å²) >= 11 is 0. The van der Waals surface area contributed by atoms with E-state index >= 15 is 0 Å². The van der Waals surface area contributed by atoms with Crippen molar-refractivity contribution in [2.75, 3.05) is 14.2 Å². The number of hydrogen-bond donors (Lipinski definition) is 0. The van der Waals surface area contributed by atoms with Gasteiger partial charge in [0.15, 0.2) is 5.78 Å². The first-order valence-electron chi connectivity index (χ1n) is 4.97. The Morgan fingerprint density at radius 1 is 1.12 bits per heavy atom. The standard InChI is InChI=1S/C12H15O4P/c1-9(13)11-5-7-12(8-6-11)10(2)17(14,15-3)16-4/h5-8H,2H2,1,3-4H3. The molecule has 5 heteroatoms. The third kappa shape index (κ3) is 2.91. The van der Waals surface area contributed by atoms with Crippen molar-refractivity contribution in [2.45, 2.75) is 6.92 Å². The van der Waals surface area contributed by atoms with Crippen LogP contribution in [0.1, 0.15) is 22.8 Å². The van der Waals surface area contributed by atoms with Crippen LogP contribution in [0.2, 0.25) is 0 Å². The van der Waals surface area contributed by atoms with Gasteiger partial charge >= 0.3 is 7.60 Å². The van der Waals surface area contributed by atoms with E-state index < -0.39 is 7.60 Å². The molecule has 1 aromatic rings. The highest BCUT2D eigenvalue weighted by molar-refractivity contribution is 7.65. The van der Waals surface area contributed by atoms with Crippen LogP contribution >= 0.6 is 7.60 Å². The van der Waals surface area contributed by atoms with Crippen molar-refractivity contribution in [2.24, 2.45) is 0 Å². The molecule has 0 aliphatic carbocycles. The lowest BCUT2D eigenvalue weighted by Gasteiger charge is -2.16. The normalized spacial score (nSPS) is 11.2.